The molecule has 0 unspecified atom stereocenters. The number of rotatable bonds is 3. The van der Waals surface area contributed by atoms with Gasteiger partial charge in [-0.3, -0.25) is 4.79 Å². The topological polar surface area (TPSA) is 65.5 Å². The summed E-state index contributed by atoms with van der Waals surface area (Å²) in [5.41, 5.74) is 0.638. The van der Waals surface area contributed by atoms with Crippen LogP contribution in [0.3, 0.4) is 0 Å². The largest absolute Gasteiger partial charge is 0.389 e. The van der Waals surface area contributed by atoms with Gasteiger partial charge in [0, 0.05) is 24.8 Å². The zero-order valence-corrected chi connectivity index (χ0v) is 13.3. The lowest BCUT2D eigenvalue weighted by Gasteiger charge is -2.36. The number of hydrogen-bond acceptors (Lipinski definition) is 4. The number of amides is 1. The summed E-state index contributed by atoms with van der Waals surface area (Å²) < 4.78 is 0. The maximum absolute atomic E-state index is 12.4. The molecule has 6 heteroatoms. The van der Waals surface area contributed by atoms with Crippen LogP contribution in [0.5, 0.6) is 0 Å². The van der Waals surface area contributed by atoms with Crippen LogP contribution in [-0.4, -0.2) is 46.1 Å². The van der Waals surface area contributed by atoms with Gasteiger partial charge in [-0.25, -0.2) is 4.98 Å². The molecule has 1 aliphatic rings. The molecule has 0 aliphatic carbocycles. The first-order valence-corrected chi connectivity index (χ1v) is 7.92. The predicted octanol–water partition coefficient (Wildman–Crippen LogP) is 2.42. The van der Waals surface area contributed by atoms with E-state index in [-0.39, 0.29) is 18.5 Å². The van der Waals surface area contributed by atoms with E-state index in [1.54, 1.807) is 35.4 Å². The van der Waals surface area contributed by atoms with Crippen molar-refractivity contribution in [1.29, 1.82) is 0 Å². The molecule has 3 rings (SSSR count). The molecular formula is C17H18ClN3O2. The number of β-amino-alcohol motifs (C(OH)–C–C–N with tert-alkyl or cyclic N) is 1. The van der Waals surface area contributed by atoms with E-state index in [1.165, 1.54) is 0 Å². The summed E-state index contributed by atoms with van der Waals surface area (Å²) in [6, 6.07) is 12.4. The SMILES string of the molecule is O=C(c1ccccc1)N1CC[C@H](Nc2ncccc2Cl)[C@@H](O)C1. The number of aliphatic hydroxyl groups is 1. The number of hydrogen-bond donors (Lipinski definition) is 2. The number of aromatic nitrogens is 1. The van der Waals surface area contributed by atoms with Gasteiger partial charge < -0.3 is 15.3 Å². The maximum atomic E-state index is 12.4. The van der Waals surface area contributed by atoms with Gasteiger partial charge in [-0.2, -0.15) is 0 Å². The first kappa shape index (κ1) is 15.8. The van der Waals surface area contributed by atoms with E-state index in [0.29, 0.717) is 29.4 Å². The number of aliphatic hydroxyl groups excluding tert-OH is 1. The van der Waals surface area contributed by atoms with E-state index in [0.717, 1.165) is 0 Å². The van der Waals surface area contributed by atoms with E-state index >= 15 is 0 Å². The van der Waals surface area contributed by atoms with E-state index in [1.807, 2.05) is 18.2 Å². The molecule has 5 nitrogen and oxygen atoms in total. The molecule has 1 aromatic carbocycles. The Morgan fingerprint density at radius 2 is 2.04 bits per heavy atom. The Labute approximate surface area is 139 Å². The summed E-state index contributed by atoms with van der Waals surface area (Å²) in [6.45, 7) is 0.864. The fourth-order valence-corrected chi connectivity index (χ4v) is 2.89. The average molecular weight is 332 g/mol. The zero-order valence-electron chi connectivity index (χ0n) is 12.5. The molecule has 23 heavy (non-hydrogen) atoms. The van der Waals surface area contributed by atoms with Crippen LogP contribution in [0.15, 0.2) is 48.7 Å². The van der Waals surface area contributed by atoms with Gasteiger partial charge in [-0.05, 0) is 30.7 Å². The third kappa shape index (κ3) is 3.63. The molecule has 2 aromatic rings. The van der Waals surface area contributed by atoms with Crippen molar-refractivity contribution in [2.24, 2.45) is 0 Å². The number of piperidine rings is 1. The third-order valence-corrected chi connectivity index (χ3v) is 4.28. The van der Waals surface area contributed by atoms with Gasteiger partial charge in [0.2, 0.25) is 0 Å². The van der Waals surface area contributed by atoms with Crippen LogP contribution in [0.2, 0.25) is 5.02 Å². The second-order valence-electron chi connectivity index (χ2n) is 5.56. The molecule has 1 saturated heterocycles. The number of nitrogens with zero attached hydrogens (tertiary/aromatic N) is 2. The predicted molar refractivity (Wildman–Crippen MR) is 89.6 cm³/mol. The lowest BCUT2D eigenvalue weighted by atomic mass is 10.0. The quantitative estimate of drug-likeness (QED) is 0.906. The van der Waals surface area contributed by atoms with Gasteiger partial charge in [0.15, 0.2) is 0 Å². The molecule has 0 radical (unpaired) electrons. The molecule has 0 saturated carbocycles. The van der Waals surface area contributed by atoms with Gasteiger partial charge in [0.1, 0.15) is 5.82 Å². The minimum absolute atomic E-state index is 0.0565. The normalized spacial score (nSPS) is 21.0. The van der Waals surface area contributed by atoms with Crippen LogP contribution in [-0.2, 0) is 0 Å². The van der Waals surface area contributed by atoms with Crippen LogP contribution < -0.4 is 5.32 Å². The van der Waals surface area contributed by atoms with Crippen molar-refractivity contribution in [3.8, 4) is 0 Å². The van der Waals surface area contributed by atoms with Crippen LogP contribution in [0.1, 0.15) is 16.8 Å². The highest BCUT2D eigenvalue weighted by molar-refractivity contribution is 6.32. The number of pyridine rings is 1. The number of halogens is 1. The fourth-order valence-electron chi connectivity index (χ4n) is 2.72. The minimum atomic E-state index is -0.672. The monoisotopic (exact) mass is 331 g/mol. The number of carbonyl (C=O) groups is 1. The Morgan fingerprint density at radius 3 is 2.74 bits per heavy atom. The van der Waals surface area contributed by atoms with Crippen molar-refractivity contribution in [3.05, 3.63) is 59.2 Å². The molecule has 1 amide bonds. The summed E-state index contributed by atoms with van der Waals surface area (Å²) in [5.74, 6) is 0.500. The van der Waals surface area contributed by atoms with Crippen molar-refractivity contribution in [1.82, 2.24) is 9.88 Å². The van der Waals surface area contributed by atoms with Crippen LogP contribution >= 0.6 is 11.6 Å². The van der Waals surface area contributed by atoms with E-state index < -0.39 is 6.10 Å². The van der Waals surface area contributed by atoms with Crippen molar-refractivity contribution in [3.63, 3.8) is 0 Å². The molecule has 2 heterocycles. The standard InChI is InChI=1S/C17H18ClN3O2/c18-13-7-4-9-19-16(13)20-14-8-10-21(11-15(14)22)17(23)12-5-2-1-3-6-12/h1-7,9,14-15,22H,8,10-11H2,(H,19,20)/t14-,15-/m0/s1. The molecule has 0 spiro atoms. The highest BCUT2D eigenvalue weighted by Gasteiger charge is 2.31. The molecule has 1 aromatic heterocycles. The van der Waals surface area contributed by atoms with Crippen molar-refractivity contribution < 1.29 is 9.90 Å². The molecule has 2 atom stereocenters. The van der Waals surface area contributed by atoms with Gasteiger partial charge in [-0.15, -0.1) is 0 Å². The summed E-state index contributed by atoms with van der Waals surface area (Å²) >= 11 is 6.08. The van der Waals surface area contributed by atoms with Gasteiger partial charge in [0.05, 0.1) is 17.2 Å². The van der Waals surface area contributed by atoms with Crippen LogP contribution in [0.4, 0.5) is 5.82 Å². The van der Waals surface area contributed by atoms with Crippen LogP contribution in [0, 0.1) is 0 Å². The van der Waals surface area contributed by atoms with Crippen LogP contribution in [0.25, 0.3) is 0 Å². The van der Waals surface area contributed by atoms with E-state index in [9.17, 15) is 9.90 Å². The Morgan fingerprint density at radius 1 is 1.26 bits per heavy atom. The summed E-state index contributed by atoms with van der Waals surface area (Å²) in [6.07, 6.45) is 1.61. The average Bonchev–Trinajstić information content (AvgIpc) is 2.58. The molecule has 1 aliphatic heterocycles. The molecular weight excluding hydrogens is 314 g/mol. The maximum Gasteiger partial charge on any atom is 0.253 e. The second kappa shape index (κ2) is 6.98. The molecule has 0 bridgehead atoms. The summed E-state index contributed by atoms with van der Waals surface area (Å²) in [4.78, 5) is 18.3. The Bertz CT molecular complexity index is 681. The highest BCUT2D eigenvalue weighted by Crippen LogP contribution is 2.22. The first-order chi connectivity index (χ1) is 11.1. The summed E-state index contributed by atoms with van der Waals surface area (Å²) in [5, 5.41) is 14.0. The fraction of sp³-hybridized carbons (Fsp3) is 0.294. The van der Waals surface area contributed by atoms with Crippen molar-refractivity contribution in [2.75, 3.05) is 18.4 Å². The lowest BCUT2D eigenvalue weighted by Crippen LogP contribution is -2.51. The lowest BCUT2D eigenvalue weighted by molar-refractivity contribution is 0.0426. The van der Waals surface area contributed by atoms with Gasteiger partial charge in [0.25, 0.3) is 5.91 Å². The Kier molecular flexibility index (Phi) is 4.79. The smallest absolute Gasteiger partial charge is 0.253 e. The Balaban J connectivity index is 1.64. The second-order valence-corrected chi connectivity index (χ2v) is 5.97. The van der Waals surface area contributed by atoms with E-state index in [4.69, 9.17) is 11.6 Å². The first-order valence-electron chi connectivity index (χ1n) is 7.54. The number of benzene rings is 1. The summed E-state index contributed by atoms with van der Waals surface area (Å²) in [7, 11) is 0. The number of nitrogens with one attached hydrogen (secondary N) is 1. The number of anilines is 1. The highest BCUT2D eigenvalue weighted by atomic mass is 35.5. The molecule has 2 N–H and O–H groups in total. The van der Waals surface area contributed by atoms with Gasteiger partial charge in [-0.1, -0.05) is 29.8 Å². The van der Waals surface area contributed by atoms with Gasteiger partial charge >= 0.3 is 0 Å². The minimum Gasteiger partial charge on any atom is -0.389 e. The number of carbonyl (C=O) groups excluding carboxylic acids is 1. The van der Waals surface area contributed by atoms with E-state index in [2.05, 4.69) is 10.3 Å². The van der Waals surface area contributed by atoms with Crippen molar-refractivity contribution >= 4 is 23.3 Å². The number of likely N-dealkylation sites (tertiary alicyclic amines) is 1. The third-order valence-electron chi connectivity index (χ3n) is 3.97. The zero-order chi connectivity index (χ0) is 16.2. The molecule has 120 valence electrons. The Hall–Kier alpha value is -2.11. The molecule has 1 fully saturated rings. The van der Waals surface area contributed by atoms with Crippen molar-refractivity contribution in [2.45, 2.75) is 18.6 Å².